The molecule has 3 heteroatoms. The van der Waals surface area contributed by atoms with Gasteiger partial charge in [-0.15, -0.1) is 0 Å². The zero-order valence-corrected chi connectivity index (χ0v) is 25.1. The minimum atomic E-state index is 0.863. The molecule has 0 bridgehead atoms. The number of benzene rings is 4. The van der Waals surface area contributed by atoms with Gasteiger partial charge in [0.1, 0.15) is 0 Å². The van der Waals surface area contributed by atoms with Gasteiger partial charge in [-0.1, -0.05) is 130 Å². The monoisotopic (exact) mass is 564 g/mol. The molecule has 0 radical (unpaired) electrons. The quantitative estimate of drug-likeness (QED) is 0.146. The van der Waals surface area contributed by atoms with Crippen LogP contribution in [0.2, 0.25) is 6.82 Å². The van der Waals surface area contributed by atoms with Gasteiger partial charge in [-0.3, -0.25) is 0 Å². The molecular weight excluding hydrogens is 531 g/mol. The van der Waals surface area contributed by atoms with Gasteiger partial charge < -0.3 is 9.05 Å². The third kappa shape index (κ3) is 4.45. The molecule has 5 aromatic carbocycles. The molecule has 0 spiro atoms. The zero-order chi connectivity index (χ0) is 30.4. The first-order valence-electron chi connectivity index (χ1n) is 15.0. The fraction of sp³-hybridized carbons (Fsp3) is 0.0244. The first-order valence-corrected chi connectivity index (χ1v) is 15.0. The molecule has 0 aliphatic carbocycles. The fourth-order valence-electron chi connectivity index (χ4n) is 6.52. The van der Waals surface area contributed by atoms with E-state index in [1.807, 2.05) is 48.5 Å². The smallest absolute Gasteiger partial charge is 0.239 e. The average molecular weight is 565 g/mol. The SMILES string of the molecule is C=C(/C=C\C(=C)n1c2ccccc2c2cc3c4c5ccccc5ccc4n(BC)c3cc21)c1cccc(=C)ccccc1=C. The van der Waals surface area contributed by atoms with E-state index in [-0.39, 0.29) is 0 Å². The number of aromatic nitrogens is 2. The topological polar surface area (TPSA) is 9.86 Å². The molecule has 2 nitrogen and oxygen atoms in total. The van der Waals surface area contributed by atoms with Crippen molar-refractivity contribution < 1.29 is 0 Å². The van der Waals surface area contributed by atoms with Crippen LogP contribution in [0.25, 0.3) is 78.8 Å². The molecule has 0 fully saturated rings. The van der Waals surface area contributed by atoms with Crippen molar-refractivity contribution in [2.75, 3.05) is 0 Å². The Hall–Kier alpha value is -5.54. The maximum absolute atomic E-state index is 4.55. The molecular formula is C41H33BN2. The maximum atomic E-state index is 4.55. The van der Waals surface area contributed by atoms with E-state index in [4.69, 9.17) is 0 Å². The Kier molecular flexibility index (Phi) is 6.79. The summed E-state index contributed by atoms with van der Waals surface area (Å²) in [6.07, 6.45) is 4.09. The number of hydrogen-bond donors (Lipinski definition) is 0. The predicted octanol–water partition coefficient (Wildman–Crippen LogP) is 8.99. The van der Waals surface area contributed by atoms with Gasteiger partial charge in [-0.2, -0.15) is 0 Å². The lowest BCUT2D eigenvalue weighted by molar-refractivity contribution is 1.24. The van der Waals surface area contributed by atoms with Crippen molar-refractivity contribution in [2.45, 2.75) is 6.82 Å². The minimum Gasteiger partial charge on any atom is -0.389 e. The van der Waals surface area contributed by atoms with Crippen molar-refractivity contribution in [3.63, 3.8) is 0 Å². The molecule has 0 aliphatic heterocycles. The maximum Gasteiger partial charge on any atom is 0.239 e. The third-order valence-corrected chi connectivity index (χ3v) is 8.61. The number of nitrogens with zero attached hydrogens (tertiary/aromatic N) is 2. The molecule has 0 saturated heterocycles. The van der Waals surface area contributed by atoms with E-state index in [2.05, 4.69) is 121 Å². The molecule has 210 valence electrons. The van der Waals surface area contributed by atoms with E-state index in [9.17, 15) is 0 Å². The third-order valence-electron chi connectivity index (χ3n) is 8.61. The highest BCUT2D eigenvalue weighted by atomic mass is 15.0. The summed E-state index contributed by atoms with van der Waals surface area (Å²) >= 11 is 0. The average Bonchev–Trinajstić information content (AvgIpc) is 3.54. The summed E-state index contributed by atoms with van der Waals surface area (Å²) in [5.74, 6) is 0. The van der Waals surface area contributed by atoms with Gasteiger partial charge in [-0.25, -0.2) is 0 Å². The lowest BCUT2D eigenvalue weighted by Crippen LogP contribution is -2.02. The van der Waals surface area contributed by atoms with E-state index >= 15 is 0 Å². The van der Waals surface area contributed by atoms with Gasteiger partial charge in [0.15, 0.2) is 0 Å². The number of para-hydroxylation sites is 1. The van der Waals surface area contributed by atoms with Crippen LogP contribution in [-0.2, 0) is 0 Å². The first kappa shape index (κ1) is 27.3. The van der Waals surface area contributed by atoms with Gasteiger partial charge in [0.05, 0.1) is 11.0 Å². The highest BCUT2D eigenvalue weighted by Crippen LogP contribution is 2.40. The standard InChI is InChI=1S/C41H33BN2/c1-27-13-6-7-15-28(2)32(19-12-14-27)29(3)21-22-30(4)43-37-20-11-10-18-34(37)35-25-36-40(26-39(35)43)44(42-5)38-24-23-31-16-8-9-17-33(31)41(36)38/h6-26,42H,1-4H2,5H3/b13-6?,14-12?,15-7?,22-21-,32-19?. The van der Waals surface area contributed by atoms with Crippen LogP contribution in [0.3, 0.4) is 0 Å². The highest BCUT2D eigenvalue weighted by Gasteiger charge is 2.18. The Morgan fingerprint density at radius 3 is 2.18 bits per heavy atom. The van der Waals surface area contributed by atoms with Gasteiger partial charge in [0.2, 0.25) is 7.41 Å². The van der Waals surface area contributed by atoms with Crippen LogP contribution in [-0.4, -0.2) is 16.5 Å². The molecule has 2 aromatic heterocycles. The normalized spacial score (nSPS) is 11.6. The van der Waals surface area contributed by atoms with Crippen molar-refractivity contribution >= 4 is 86.2 Å². The van der Waals surface area contributed by atoms with E-state index < -0.39 is 0 Å². The van der Waals surface area contributed by atoms with Crippen LogP contribution < -0.4 is 10.4 Å². The number of allylic oxidation sites excluding steroid dienone is 4. The van der Waals surface area contributed by atoms with Crippen LogP contribution in [0.1, 0.15) is 5.56 Å². The molecule has 7 rings (SSSR count). The summed E-state index contributed by atoms with van der Waals surface area (Å²) in [7, 11) is 0.885. The van der Waals surface area contributed by atoms with Gasteiger partial charge in [-0.05, 0) is 62.7 Å². The van der Waals surface area contributed by atoms with E-state index in [1.54, 1.807) is 0 Å². The Labute approximate surface area is 258 Å². The first-order chi connectivity index (χ1) is 21.5. The molecule has 0 amide bonds. The van der Waals surface area contributed by atoms with Crippen LogP contribution in [0.5, 0.6) is 0 Å². The van der Waals surface area contributed by atoms with Crippen molar-refractivity contribution in [3.8, 4) is 0 Å². The van der Waals surface area contributed by atoms with Crippen LogP contribution in [0, 0.1) is 0 Å². The second-order valence-corrected chi connectivity index (χ2v) is 11.3. The zero-order valence-electron chi connectivity index (χ0n) is 25.1. The second-order valence-electron chi connectivity index (χ2n) is 11.3. The molecule has 44 heavy (non-hydrogen) atoms. The summed E-state index contributed by atoms with van der Waals surface area (Å²) in [5.41, 5.74) is 7.46. The molecule has 0 saturated carbocycles. The second kappa shape index (κ2) is 10.9. The Bertz CT molecular complexity index is 2510. The van der Waals surface area contributed by atoms with Crippen molar-refractivity contribution in [1.29, 1.82) is 0 Å². The van der Waals surface area contributed by atoms with Crippen LogP contribution >= 0.6 is 0 Å². The summed E-state index contributed by atoms with van der Waals surface area (Å²) < 4.78 is 4.70. The molecule has 0 N–H and O–H groups in total. The Morgan fingerprint density at radius 1 is 0.614 bits per heavy atom. The lowest BCUT2D eigenvalue weighted by Gasteiger charge is -2.09. The van der Waals surface area contributed by atoms with E-state index in [1.165, 1.54) is 43.4 Å². The van der Waals surface area contributed by atoms with Gasteiger partial charge in [0, 0.05) is 38.3 Å². The van der Waals surface area contributed by atoms with Crippen LogP contribution in [0.4, 0.5) is 0 Å². The number of rotatable bonds is 5. The Balaban J connectivity index is 1.42. The van der Waals surface area contributed by atoms with Gasteiger partial charge in [0.25, 0.3) is 0 Å². The van der Waals surface area contributed by atoms with Crippen molar-refractivity contribution in [1.82, 2.24) is 9.05 Å². The van der Waals surface area contributed by atoms with E-state index in [0.29, 0.717) is 0 Å². The highest BCUT2D eigenvalue weighted by molar-refractivity contribution is 6.39. The minimum absolute atomic E-state index is 0.863. The summed E-state index contributed by atoms with van der Waals surface area (Å²) in [6, 6.07) is 40.5. The van der Waals surface area contributed by atoms with Crippen molar-refractivity contribution in [3.05, 3.63) is 157 Å². The molecule has 7 aromatic rings. The number of hydrogen-bond acceptors (Lipinski definition) is 0. The van der Waals surface area contributed by atoms with Crippen LogP contribution in [0.15, 0.2) is 141 Å². The Morgan fingerprint density at radius 2 is 1.34 bits per heavy atom. The summed E-state index contributed by atoms with van der Waals surface area (Å²) in [6.45, 7) is 19.5. The largest absolute Gasteiger partial charge is 0.389 e. The molecule has 0 unspecified atom stereocenters. The van der Waals surface area contributed by atoms with Gasteiger partial charge >= 0.3 is 0 Å². The molecule has 2 heterocycles. The lowest BCUT2D eigenvalue weighted by atomic mass is 9.98. The number of fused-ring (bicyclic) bond motifs is 8. The summed E-state index contributed by atoms with van der Waals surface area (Å²) in [4.78, 5) is 0. The van der Waals surface area contributed by atoms with E-state index in [0.717, 1.165) is 45.7 Å². The molecule has 0 aliphatic rings. The predicted molar refractivity (Wildman–Crippen MR) is 196 cm³/mol. The van der Waals surface area contributed by atoms with Crippen molar-refractivity contribution in [2.24, 2.45) is 0 Å². The fourth-order valence-corrected chi connectivity index (χ4v) is 6.52. The summed E-state index contributed by atoms with van der Waals surface area (Å²) in [5, 5.41) is 9.40. The molecule has 0 atom stereocenters.